The largest absolute Gasteiger partial charge is 0.464 e. The van der Waals surface area contributed by atoms with E-state index in [1.807, 2.05) is 0 Å². The lowest BCUT2D eigenvalue weighted by atomic mass is 10.2. The van der Waals surface area contributed by atoms with E-state index < -0.39 is 11.5 Å². The molecule has 0 saturated carbocycles. The molecule has 4 aromatic rings. The van der Waals surface area contributed by atoms with Crippen molar-refractivity contribution in [1.29, 1.82) is 0 Å². The summed E-state index contributed by atoms with van der Waals surface area (Å²) in [5.41, 5.74) is 2.71. The number of aromatic nitrogens is 3. The molecule has 0 aliphatic rings. The Morgan fingerprint density at radius 1 is 1.26 bits per heavy atom. The first-order valence-electron chi connectivity index (χ1n) is 7.60. The van der Waals surface area contributed by atoms with Crippen LogP contribution in [-0.2, 0) is 4.79 Å². The molecule has 0 unspecified atom stereocenters. The van der Waals surface area contributed by atoms with Gasteiger partial charge in [-0.15, -0.1) is 22.7 Å². The lowest BCUT2D eigenvalue weighted by molar-refractivity contribution is -0.114. The van der Waals surface area contributed by atoms with E-state index in [4.69, 9.17) is 4.42 Å². The molecule has 0 aromatic carbocycles. The highest BCUT2D eigenvalue weighted by molar-refractivity contribution is 7.17. The SMILES string of the molecule is CC(=O)Nc1nc(C(=O)Nn2cnc3scc(-c4ccco4)c3c2=O)cs1. The third-order valence-electron chi connectivity index (χ3n) is 3.52. The summed E-state index contributed by atoms with van der Waals surface area (Å²) in [4.78, 5) is 45.0. The number of anilines is 1. The summed E-state index contributed by atoms with van der Waals surface area (Å²) in [5.74, 6) is -0.338. The molecule has 0 aliphatic carbocycles. The number of furan rings is 1. The highest BCUT2D eigenvalue weighted by Crippen LogP contribution is 2.30. The third-order valence-corrected chi connectivity index (χ3v) is 5.17. The normalized spacial score (nSPS) is 10.9. The number of carbonyl (C=O) groups is 2. The molecule has 2 N–H and O–H groups in total. The van der Waals surface area contributed by atoms with E-state index in [1.54, 1.807) is 17.5 Å². The first kappa shape index (κ1) is 17.1. The molecule has 11 heteroatoms. The van der Waals surface area contributed by atoms with Crippen molar-refractivity contribution in [3.63, 3.8) is 0 Å². The average molecular weight is 401 g/mol. The van der Waals surface area contributed by atoms with E-state index in [2.05, 4.69) is 20.7 Å². The van der Waals surface area contributed by atoms with Crippen LogP contribution in [0.4, 0.5) is 5.13 Å². The third kappa shape index (κ3) is 3.25. The van der Waals surface area contributed by atoms with Gasteiger partial charge in [-0.05, 0) is 12.1 Å². The molecule has 136 valence electrons. The summed E-state index contributed by atoms with van der Waals surface area (Å²) in [6.07, 6.45) is 2.76. The number of nitrogens with one attached hydrogen (secondary N) is 2. The van der Waals surface area contributed by atoms with Crippen LogP contribution in [0.25, 0.3) is 21.5 Å². The Labute approximate surface area is 159 Å². The van der Waals surface area contributed by atoms with Gasteiger partial charge in [0.25, 0.3) is 11.5 Å². The van der Waals surface area contributed by atoms with Gasteiger partial charge in [0.1, 0.15) is 22.6 Å². The van der Waals surface area contributed by atoms with Gasteiger partial charge < -0.3 is 9.73 Å². The monoisotopic (exact) mass is 401 g/mol. The van der Waals surface area contributed by atoms with Crippen molar-refractivity contribution in [2.24, 2.45) is 0 Å². The molecule has 9 nitrogen and oxygen atoms in total. The number of nitrogens with zero attached hydrogens (tertiary/aromatic N) is 3. The van der Waals surface area contributed by atoms with Crippen molar-refractivity contribution < 1.29 is 14.0 Å². The van der Waals surface area contributed by atoms with Crippen LogP contribution in [-0.4, -0.2) is 26.5 Å². The van der Waals surface area contributed by atoms with Crippen molar-refractivity contribution in [1.82, 2.24) is 14.6 Å². The van der Waals surface area contributed by atoms with Crippen LogP contribution in [0.3, 0.4) is 0 Å². The van der Waals surface area contributed by atoms with Crippen molar-refractivity contribution in [2.45, 2.75) is 6.92 Å². The second kappa shape index (κ2) is 6.78. The van der Waals surface area contributed by atoms with Gasteiger partial charge >= 0.3 is 0 Å². The fourth-order valence-electron chi connectivity index (χ4n) is 2.38. The maximum Gasteiger partial charge on any atom is 0.289 e. The van der Waals surface area contributed by atoms with Crippen LogP contribution in [0.15, 0.2) is 44.7 Å². The number of rotatable bonds is 4. The van der Waals surface area contributed by atoms with Crippen molar-refractivity contribution in [3.05, 3.63) is 51.5 Å². The maximum absolute atomic E-state index is 12.8. The zero-order valence-electron chi connectivity index (χ0n) is 13.8. The van der Waals surface area contributed by atoms with E-state index >= 15 is 0 Å². The summed E-state index contributed by atoms with van der Waals surface area (Å²) >= 11 is 2.42. The zero-order valence-corrected chi connectivity index (χ0v) is 15.4. The van der Waals surface area contributed by atoms with Gasteiger partial charge in [-0.25, -0.2) is 14.6 Å². The summed E-state index contributed by atoms with van der Waals surface area (Å²) in [7, 11) is 0. The average Bonchev–Trinajstić information content (AvgIpc) is 3.35. The summed E-state index contributed by atoms with van der Waals surface area (Å²) in [6.45, 7) is 1.35. The van der Waals surface area contributed by atoms with E-state index in [0.29, 0.717) is 26.7 Å². The summed E-state index contributed by atoms with van der Waals surface area (Å²) in [5, 5.41) is 6.42. The molecular formula is C16H11N5O4S2. The van der Waals surface area contributed by atoms with E-state index in [9.17, 15) is 14.4 Å². The van der Waals surface area contributed by atoms with Gasteiger partial charge in [0, 0.05) is 23.2 Å². The lowest BCUT2D eigenvalue weighted by Crippen LogP contribution is -2.33. The number of carbonyl (C=O) groups excluding carboxylic acids is 2. The van der Waals surface area contributed by atoms with E-state index in [0.717, 1.165) is 16.0 Å². The minimum atomic E-state index is -0.596. The Bertz CT molecular complexity index is 1210. The zero-order chi connectivity index (χ0) is 19.0. The molecule has 0 spiro atoms. The van der Waals surface area contributed by atoms with Gasteiger partial charge in [-0.1, -0.05) is 0 Å². The minimum Gasteiger partial charge on any atom is -0.464 e. The van der Waals surface area contributed by atoms with Crippen molar-refractivity contribution in [2.75, 3.05) is 10.7 Å². The number of thiazole rings is 1. The second-order valence-corrected chi connectivity index (χ2v) is 7.10. The van der Waals surface area contributed by atoms with Crippen molar-refractivity contribution >= 4 is 49.8 Å². The first-order valence-corrected chi connectivity index (χ1v) is 9.36. The standard InChI is InChI=1S/C16H11N5O4S2/c1-8(22)18-16-19-10(6-27-16)13(23)20-21-7-17-14-12(15(21)24)9(5-26-14)11-3-2-4-25-11/h2-7H,1H3,(H,20,23)(H,18,19,22). The van der Waals surface area contributed by atoms with Crippen molar-refractivity contribution in [3.8, 4) is 11.3 Å². The van der Waals surface area contributed by atoms with Crippen LogP contribution in [0.1, 0.15) is 17.4 Å². The van der Waals surface area contributed by atoms with Gasteiger partial charge in [-0.2, -0.15) is 0 Å². The Morgan fingerprint density at radius 3 is 2.85 bits per heavy atom. The Balaban J connectivity index is 1.66. The Kier molecular flexibility index (Phi) is 4.30. The molecule has 0 radical (unpaired) electrons. The van der Waals surface area contributed by atoms with Gasteiger partial charge in [0.2, 0.25) is 5.91 Å². The van der Waals surface area contributed by atoms with Crippen LogP contribution in [0.5, 0.6) is 0 Å². The predicted octanol–water partition coefficient (Wildman–Crippen LogP) is 2.52. The van der Waals surface area contributed by atoms with Crippen LogP contribution in [0.2, 0.25) is 0 Å². The number of fused-ring (bicyclic) bond motifs is 1. The molecule has 4 aromatic heterocycles. The van der Waals surface area contributed by atoms with Gasteiger partial charge in [0.05, 0.1) is 11.6 Å². The predicted molar refractivity (Wildman–Crippen MR) is 102 cm³/mol. The molecule has 0 aliphatic heterocycles. The van der Waals surface area contributed by atoms with E-state index in [1.165, 1.54) is 36.2 Å². The first-order chi connectivity index (χ1) is 13.0. The number of amides is 2. The van der Waals surface area contributed by atoms with Crippen LogP contribution in [0, 0.1) is 0 Å². The second-order valence-electron chi connectivity index (χ2n) is 5.39. The number of hydrogen-bond donors (Lipinski definition) is 2. The Hall–Kier alpha value is -3.31. The fraction of sp³-hybridized carbons (Fsp3) is 0.0625. The smallest absolute Gasteiger partial charge is 0.289 e. The highest BCUT2D eigenvalue weighted by Gasteiger charge is 2.17. The highest BCUT2D eigenvalue weighted by atomic mass is 32.1. The van der Waals surface area contributed by atoms with Gasteiger partial charge in [0.15, 0.2) is 5.13 Å². The molecule has 4 rings (SSSR count). The topological polar surface area (TPSA) is 119 Å². The summed E-state index contributed by atoms with van der Waals surface area (Å²) < 4.78 is 6.37. The number of hydrogen-bond acceptors (Lipinski definition) is 8. The molecular weight excluding hydrogens is 390 g/mol. The lowest BCUT2D eigenvalue weighted by Gasteiger charge is -2.06. The quantitative estimate of drug-likeness (QED) is 0.542. The Morgan fingerprint density at radius 2 is 2.11 bits per heavy atom. The molecule has 27 heavy (non-hydrogen) atoms. The molecule has 0 fully saturated rings. The fourth-order valence-corrected chi connectivity index (χ4v) is 4.00. The maximum atomic E-state index is 12.8. The molecule has 4 heterocycles. The minimum absolute atomic E-state index is 0.0762. The molecule has 0 atom stereocenters. The van der Waals surface area contributed by atoms with Crippen LogP contribution >= 0.6 is 22.7 Å². The summed E-state index contributed by atoms with van der Waals surface area (Å²) in [6, 6.07) is 3.47. The molecule has 0 saturated heterocycles. The van der Waals surface area contributed by atoms with Crippen LogP contribution < -0.4 is 16.3 Å². The van der Waals surface area contributed by atoms with E-state index in [-0.39, 0.29) is 11.6 Å². The molecule has 2 amide bonds. The van der Waals surface area contributed by atoms with Gasteiger partial charge in [-0.3, -0.25) is 19.8 Å². The molecule has 0 bridgehead atoms. The number of thiophene rings is 1.